The number of hydrogen-bond donors (Lipinski definition) is 1. The minimum atomic E-state index is -0.745. The fourth-order valence-corrected chi connectivity index (χ4v) is 2.55. The summed E-state index contributed by atoms with van der Waals surface area (Å²) in [4.78, 5) is 12.2. The van der Waals surface area contributed by atoms with E-state index in [1.54, 1.807) is 37.3 Å². The topological polar surface area (TPSA) is 78.4 Å². The third-order valence-corrected chi connectivity index (χ3v) is 4.35. The van der Waals surface area contributed by atoms with Crippen molar-refractivity contribution in [2.24, 2.45) is 5.10 Å². The normalized spacial score (nSPS) is 11.8. The van der Waals surface area contributed by atoms with Gasteiger partial charge in [0.1, 0.15) is 5.75 Å². The number of hydrazone groups is 1. The van der Waals surface area contributed by atoms with Gasteiger partial charge in [0.05, 0.1) is 27.5 Å². The number of aryl methyl sites for hydroxylation is 1. The molecule has 2 aromatic carbocycles. The highest BCUT2D eigenvalue weighted by atomic mass is 35.5. The summed E-state index contributed by atoms with van der Waals surface area (Å²) >= 11 is 5.99. The smallest absolute Gasteiger partial charge is 0.280 e. The average Bonchev–Trinajstić information content (AvgIpc) is 2.69. The first-order valence-electron chi connectivity index (χ1n) is 8.46. The van der Waals surface area contributed by atoms with E-state index in [2.05, 4.69) is 10.5 Å². The SMILES string of the molecule is COc1ccc(/C=N/NC(=O)C(C)Oc2ccc(Cl)c(C)c2)c(OC)c1OC. The van der Waals surface area contributed by atoms with Crippen LogP contribution in [-0.4, -0.2) is 39.6 Å². The van der Waals surface area contributed by atoms with Crippen molar-refractivity contribution >= 4 is 23.7 Å². The number of methoxy groups -OCH3 is 3. The number of nitrogens with zero attached hydrogens (tertiary/aromatic N) is 1. The highest BCUT2D eigenvalue weighted by Crippen LogP contribution is 2.38. The Morgan fingerprint density at radius 1 is 1.11 bits per heavy atom. The standard InChI is InChI=1S/C20H23ClN2O5/c1-12-10-15(7-8-16(12)21)28-13(2)20(24)23-22-11-14-6-9-17(25-3)19(27-5)18(14)26-4/h6-11,13H,1-5H3,(H,23,24)/b22-11+. The molecule has 0 aromatic heterocycles. The first kappa shape index (κ1) is 21.4. The molecule has 0 aliphatic carbocycles. The second-order valence-corrected chi connectivity index (χ2v) is 6.24. The Labute approximate surface area is 169 Å². The maximum Gasteiger partial charge on any atom is 0.280 e. The number of halogens is 1. The van der Waals surface area contributed by atoms with Crippen LogP contribution in [0.2, 0.25) is 5.02 Å². The van der Waals surface area contributed by atoms with Crippen LogP contribution in [0.1, 0.15) is 18.1 Å². The fourth-order valence-electron chi connectivity index (χ4n) is 2.43. The Balaban J connectivity index is 2.05. The van der Waals surface area contributed by atoms with Crippen LogP contribution in [0.4, 0.5) is 0 Å². The van der Waals surface area contributed by atoms with Crippen molar-refractivity contribution in [2.75, 3.05) is 21.3 Å². The van der Waals surface area contributed by atoms with E-state index in [0.29, 0.717) is 33.6 Å². The van der Waals surface area contributed by atoms with Gasteiger partial charge in [0.15, 0.2) is 17.6 Å². The van der Waals surface area contributed by atoms with Crippen LogP contribution >= 0.6 is 11.6 Å². The summed E-state index contributed by atoms with van der Waals surface area (Å²) in [5.74, 6) is 1.56. The molecule has 1 amide bonds. The fraction of sp³-hybridized carbons (Fsp3) is 0.300. The number of benzene rings is 2. The van der Waals surface area contributed by atoms with Gasteiger partial charge in [-0.3, -0.25) is 4.79 Å². The molecular formula is C20H23ClN2O5. The van der Waals surface area contributed by atoms with Crippen LogP contribution < -0.4 is 24.4 Å². The summed E-state index contributed by atoms with van der Waals surface area (Å²) in [5.41, 5.74) is 3.93. The van der Waals surface area contributed by atoms with Gasteiger partial charge in [0.2, 0.25) is 5.75 Å². The zero-order valence-electron chi connectivity index (χ0n) is 16.4. The van der Waals surface area contributed by atoms with Crippen molar-refractivity contribution in [3.05, 3.63) is 46.5 Å². The molecule has 28 heavy (non-hydrogen) atoms. The molecule has 8 heteroatoms. The Morgan fingerprint density at radius 3 is 2.43 bits per heavy atom. The van der Waals surface area contributed by atoms with E-state index in [4.69, 9.17) is 30.5 Å². The Kier molecular flexibility index (Phi) is 7.52. The number of ether oxygens (including phenoxy) is 4. The van der Waals surface area contributed by atoms with Gasteiger partial charge >= 0.3 is 0 Å². The molecule has 1 atom stereocenters. The summed E-state index contributed by atoms with van der Waals surface area (Å²) in [5, 5.41) is 4.61. The zero-order chi connectivity index (χ0) is 20.7. The lowest BCUT2D eigenvalue weighted by Gasteiger charge is -2.14. The molecule has 1 N–H and O–H groups in total. The lowest BCUT2D eigenvalue weighted by atomic mass is 10.2. The molecule has 0 heterocycles. The lowest BCUT2D eigenvalue weighted by Crippen LogP contribution is -2.33. The molecule has 0 radical (unpaired) electrons. The molecule has 7 nitrogen and oxygen atoms in total. The van der Waals surface area contributed by atoms with E-state index in [-0.39, 0.29) is 0 Å². The zero-order valence-corrected chi connectivity index (χ0v) is 17.2. The summed E-state index contributed by atoms with van der Waals surface area (Å²) in [6, 6.07) is 8.66. The molecule has 150 valence electrons. The number of hydrogen-bond acceptors (Lipinski definition) is 6. The average molecular weight is 407 g/mol. The number of nitrogens with one attached hydrogen (secondary N) is 1. The summed E-state index contributed by atoms with van der Waals surface area (Å²) < 4.78 is 21.5. The molecular weight excluding hydrogens is 384 g/mol. The van der Waals surface area contributed by atoms with Crippen LogP contribution in [0.25, 0.3) is 0 Å². The molecule has 0 saturated carbocycles. The van der Waals surface area contributed by atoms with Gasteiger partial charge in [0, 0.05) is 10.6 Å². The van der Waals surface area contributed by atoms with Crippen molar-refractivity contribution in [2.45, 2.75) is 20.0 Å². The van der Waals surface area contributed by atoms with Crippen molar-refractivity contribution in [1.29, 1.82) is 0 Å². The second-order valence-electron chi connectivity index (χ2n) is 5.83. The molecule has 0 bridgehead atoms. The third kappa shape index (κ3) is 5.07. The van der Waals surface area contributed by atoms with E-state index < -0.39 is 12.0 Å². The Hall–Kier alpha value is -2.93. The monoisotopic (exact) mass is 406 g/mol. The van der Waals surface area contributed by atoms with Crippen molar-refractivity contribution in [1.82, 2.24) is 5.43 Å². The molecule has 0 aliphatic rings. The van der Waals surface area contributed by atoms with E-state index in [1.807, 2.05) is 6.92 Å². The van der Waals surface area contributed by atoms with Crippen LogP contribution in [-0.2, 0) is 4.79 Å². The molecule has 0 fully saturated rings. The first-order valence-corrected chi connectivity index (χ1v) is 8.83. The first-order chi connectivity index (χ1) is 13.4. The van der Waals surface area contributed by atoms with Crippen molar-refractivity contribution < 1.29 is 23.7 Å². The van der Waals surface area contributed by atoms with Gasteiger partial charge in [0.25, 0.3) is 5.91 Å². The molecule has 0 spiro atoms. The van der Waals surface area contributed by atoms with E-state index in [1.165, 1.54) is 27.5 Å². The van der Waals surface area contributed by atoms with E-state index >= 15 is 0 Å². The van der Waals surface area contributed by atoms with Crippen molar-refractivity contribution in [3.63, 3.8) is 0 Å². The predicted octanol–water partition coefficient (Wildman–Crippen LogP) is 3.59. The van der Waals surface area contributed by atoms with Crippen LogP contribution in [0, 0.1) is 6.92 Å². The number of carbonyl (C=O) groups excluding carboxylic acids is 1. The van der Waals surface area contributed by atoms with Crippen molar-refractivity contribution in [3.8, 4) is 23.0 Å². The van der Waals surface area contributed by atoms with Crippen LogP contribution in [0.15, 0.2) is 35.4 Å². The maximum absolute atomic E-state index is 12.2. The quantitative estimate of drug-likeness (QED) is 0.535. The van der Waals surface area contributed by atoms with Crippen LogP contribution in [0.3, 0.4) is 0 Å². The number of amides is 1. The number of rotatable bonds is 8. The van der Waals surface area contributed by atoms with Gasteiger partial charge in [-0.25, -0.2) is 5.43 Å². The highest BCUT2D eigenvalue weighted by Gasteiger charge is 2.16. The minimum Gasteiger partial charge on any atom is -0.493 e. The lowest BCUT2D eigenvalue weighted by molar-refractivity contribution is -0.127. The van der Waals surface area contributed by atoms with E-state index in [0.717, 1.165) is 5.56 Å². The highest BCUT2D eigenvalue weighted by molar-refractivity contribution is 6.31. The third-order valence-electron chi connectivity index (χ3n) is 3.92. The molecule has 2 aromatic rings. The molecule has 0 aliphatic heterocycles. The molecule has 1 unspecified atom stereocenters. The Bertz CT molecular complexity index is 870. The number of carbonyl (C=O) groups is 1. The van der Waals surface area contributed by atoms with Gasteiger partial charge in [-0.2, -0.15) is 5.10 Å². The summed E-state index contributed by atoms with van der Waals surface area (Å²) in [6.07, 6.45) is 0.711. The largest absolute Gasteiger partial charge is 0.493 e. The summed E-state index contributed by atoms with van der Waals surface area (Å²) in [7, 11) is 4.56. The molecule has 2 rings (SSSR count). The second kappa shape index (κ2) is 9.85. The van der Waals surface area contributed by atoms with Crippen LogP contribution in [0.5, 0.6) is 23.0 Å². The van der Waals surface area contributed by atoms with E-state index in [9.17, 15) is 4.79 Å². The Morgan fingerprint density at radius 2 is 1.82 bits per heavy atom. The van der Waals surface area contributed by atoms with Gasteiger partial charge in [-0.05, 0) is 49.7 Å². The van der Waals surface area contributed by atoms with Gasteiger partial charge in [-0.15, -0.1) is 0 Å². The maximum atomic E-state index is 12.2. The molecule has 0 saturated heterocycles. The minimum absolute atomic E-state index is 0.400. The van der Waals surface area contributed by atoms with Gasteiger partial charge < -0.3 is 18.9 Å². The predicted molar refractivity (Wildman–Crippen MR) is 108 cm³/mol. The summed E-state index contributed by atoms with van der Waals surface area (Å²) in [6.45, 7) is 3.49. The van der Waals surface area contributed by atoms with Gasteiger partial charge in [-0.1, -0.05) is 11.6 Å².